The van der Waals surface area contributed by atoms with E-state index in [2.05, 4.69) is 21.9 Å². The summed E-state index contributed by atoms with van der Waals surface area (Å²) >= 11 is 1.44. The topological polar surface area (TPSA) is 88.3 Å². The zero-order valence-electron chi connectivity index (χ0n) is 16.4. The first-order valence-electron chi connectivity index (χ1n) is 9.59. The summed E-state index contributed by atoms with van der Waals surface area (Å²) in [6.07, 6.45) is 9.01. The number of rotatable bonds is 6. The van der Waals surface area contributed by atoms with Gasteiger partial charge in [0.05, 0.1) is 13.4 Å². The molecule has 0 aliphatic heterocycles. The van der Waals surface area contributed by atoms with Crippen molar-refractivity contribution in [1.82, 2.24) is 9.71 Å². The maximum Gasteiger partial charge on any atom is 0.266 e. The fourth-order valence-electron chi connectivity index (χ4n) is 4.28. The predicted octanol–water partition coefficient (Wildman–Crippen LogP) is 3.87. The number of aromatic nitrogens is 1. The molecule has 2 N–H and O–H groups in total. The van der Waals surface area contributed by atoms with Crippen LogP contribution in [0.1, 0.15) is 31.2 Å². The van der Waals surface area contributed by atoms with E-state index in [0.717, 1.165) is 53.3 Å². The van der Waals surface area contributed by atoms with Crippen LogP contribution in [0.5, 0.6) is 5.75 Å². The number of ether oxygens (including phenoxy) is 1. The molecule has 1 aliphatic carbocycles. The summed E-state index contributed by atoms with van der Waals surface area (Å²) in [5.74, 6) is 1.21. The van der Waals surface area contributed by atoms with E-state index in [0.29, 0.717) is 10.6 Å². The van der Waals surface area contributed by atoms with E-state index >= 15 is 0 Å². The van der Waals surface area contributed by atoms with Crippen molar-refractivity contribution in [3.05, 3.63) is 45.6 Å². The summed E-state index contributed by atoms with van der Waals surface area (Å²) in [7, 11) is -1.51. The van der Waals surface area contributed by atoms with Crippen LogP contribution in [0, 0.1) is 5.92 Å². The Morgan fingerprint density at radius 2 is 2.14 bits per heavy atom. The second-order valence-corrected chi connectivity index (χ2v) is 10.3. The van der Waals surface area contributed by atoms with E-state index in [-0.39, 0.29) is 11.6 Å². The monoisotopic (exact) mass is 432 g/mol. The number of hydrogen-bond acceptors (Lipinski definition) is 5. The Labute approximate surface area is 173 Å². The summed E-state index contributed by atoms with van der Waals surface area (Å²) in [4.78, 5) is 15.3. The summed E-state index contributed by atoms with van der Waals surface area (Å²) in [6, 6.07) is 5.76. The van der Waals surface area contributed by atoms with E-state index in [9.17, 15) is 13.2 Å². The van der Waals surface area contributed by atoms with Gasteiger partial charge in [0, 0.05) is 27.9 Å². The highest BCUT2D eigenvalue weighted by molar-refractivity contribution is 7.88. The first kappa shape index (κ1) is 20.1. The van der Waals surface area contributed by atoms with Crippen LogP contribution < -0.4 is 15.0 Å². The molecule has 1 saturated carbocycles. The molecule has 1 aromatic carbocycles. The van der Waals surface area contributed by atoms with Gasteiger partial charge in [-0.1, -0.05) is 12.2 Å². The van der Waals surface area contributed by atoms with Crippen molar-refractivity contribution in [1.29, 1.82) is 0 Å². The lowest BCUT2D eigenvalue weighted by Crippen LogP contribution is -2.31. The molecule has 8 heteroatoms. The first-order chi connectivity index (χ1) is 13.9. The Hall–Kier alpha value is -2.16. The van der Waals surface area contributed by atoms with Crippen molar-refractivity contribution in [3.63, 3.8) is 0 Å². The van der Waals surface area contributed by atoms with Gasteiger partial charge in [0.2, 0.25) is 10.0 Å². The van der Waals surface area contributed by atoms with Crippen molar-refractivity contribution >= 4 is 48.4 Å². The molecule has 154 valence electrons. The molecule has 0 spiro atoms. The molecule has 2 unspecified atom stereocenters. The number of thiophene rings is 1. The first-order valence-corrected chi connectivity index (χ1v) is 12.4. The van der Waals surface area contributed by atoms with Gasteiger partial charge in [-0.05, 0) is 55.2 Å². The quantitative estimate of drug-likeness (QED) is 0.619. The fourth-order valence-corrected chi connectivity index (χ4v) is 5.89. The van der Waals surface area contributed by atoms with Crippen LogP contribution in [-0.2, 0) is 10.0 Å². The van der Waals surface area contributed by atoms with E-state index in [1.54, 1.807) is 7.11 Å². The van der Waals surface area contributed by atoms with Crippen molar-refractivity contribution in [2.75, 3.05) is 13.4 Å². The van der Waals surface area contributed by atoms with Crippen LogP contribution in [0.4, 0.5) is 0 Å². The van der Waals surface area contributed by atoms with Gasteiger partial charge in [-0.15, -0.1) is 11.3 Å². The zero-order valence-corrected chi connectivity index (χ0v) is 18.0. The van der Waals surface area contributed by atoms with Crippen LogP contribution >= 0.6 is 11.3 Å². The number of methoxy groups -OCH3 is 1. The molecule has 2 aromatic heterocycles. The largest absolute Gasteiger partial charge is 0.496 e. The molecule has 3 aromatic rings. The van der Waals surface area contributed by atoms with Gasteiger partial charge < -0.3 is 9.72 Å². The van der Waals surface area contributed by atoms with Crippen molar-refractivity contribution in [2.24, 2.45) is 5.92 Å². The van der Waals surface area contributed by atoms with E-state index in [1.807, 2.05) is 23.6 Å². The zero-order chi connectivity index (χ0) is 20.6. The van der Waals surface area contributed by atoms with Gasteiger partial charge in [-0.25, -0.2) is 13.1 Å². The number of sulfonamides is 1. The Morgan fingerprint density at radius 3 is 2.90 bits per heavy atom. The average molecular weight is 433 g/mol. The minimum atomic E-state index is -3.16. The summed E-state index contributed by atoms with van der Waals surface area (Å²) < 4.78 is 31.9. The average Bonchev–Trinajstić information content (AvgIpc) is 3.30. The number of H-pyrrole nitrogens is 1. The van der Waals surface area contributed by atoms with Crippen LogP contribution in [-0.4, -0.2) is 32.8 Å². The third kappa shape index (κ3) is 4.24. The van der Waals surface area contributed by atoms with Crippen molar-refractivity contribution in [2.45, 2.75) is 31.7 Å². The number of pyridine rings is 1. The molecule has 29 heavy (non-hydrogen) atoms. The van der Waals surface area contributed by atoms with Gasteiger partial charge >= 0.3 is 0 Å². The lowest BCUT2D eigenvalue weighted by molar-refractivity contribution is 0.414. The third-order valence-electron chi connectivity index (χ3n) is 5.49. The molecule has 0 amide bonds. The number of aromatic amines is 1. The van der Waals surface area contributed by atoms with Crippen LogP contribution in [0.25, 0.3) is 27.1 Å². The molecule has 1 fully saturated rings. The minimum absolute atomic E-state index is 0.0333. The maximum absolute atomic E-state index is 12.3. The Bertz CT molecular complexity index is 1240. The van der Waals surface area contributed by atoms with E-state index in [4.69, 9.17) is 4.74 Å². The van der Waals surface area contributed by atoms with E-state index < -0.39 is 10.0 Å². The summed E-state index contributed by atoms with van der Waals surface area (Å²) in [5, 5.41) is 3.85. The molecule has 0 saturated heterocycles. The SMILES string of the molecule is COc1ccc2[nH]c(=O)c3sccc3c2c1/C=C/CC1CCC(NS(C)(=O)=O)C1. The molecule has 0 radical (unpaired) electrons. The summed E-state index contributed by atoms with van der Waals surface area (Å²) in [5.41, 5.74) is 1.67. The van der Waals surface area contributed by atoms with Crippen molar-refractivity contribution in [3.8, 4) is 5.75 Å². The highest BCUT2D eigenvalue weighted by Crippen LogP contribution is 2.35. The van der Waals surface area contributed by atoms with Gasteiger partial charge in [0.25, 0.3) is 5.56 Å². The molecular formula is C21H24N2O4S2. The van der Waals surface area contributed by atoms with Crippen molar-refractivity contribution < 1.29 is 13.2 Å². The normalized spacial score (nSPS) is 20.2. The molecule has 4 rings (SSSR count). The summed E-state index contributed by atoms with van der Waals surface area (Å²) in [6.45, 7) is 0. The highest BCUT2D eigenvalue weighted by Gasteiger charge is 2.25. The molecule has 2 atom stereocenters. The van der Waals surface area contributed by atoms with E-state index in [1.165, 1.54) is 17.6 Å². The second-order valence-electron chi connectivity index (χ2n) is 7.63. The Morgan fingerprint density at radius 1 is 1.31 bits per heavy atom. The predicted molar refractivity (Wildman–Crippen MR) is 119 cm³/mol. The van der Waals surface area contributed by atoms with Gasteiger partial charge in [-0.3, -0.25) is 4.79 Å². The molecule has 2 heterocycles. The minimum Gasteiger partial charge on any atom is -0.496 e. The number of allylic oxidation sites excluding steroid dienone is 1. The highest BCUT2D eigenvalue weighted by atomic mass is 32.2. The number of fused-ring (bicyclic) bond motifs is 3. The van der Waals surface area contributed by atoms with Gasteiger partial charge in [0.15, 0.2) is 0 Å². The fraction of sp³-hybridized carbons (Fsp3) is 0.381. The Kier molecular flexibility index (Phi) is 5.50. The number of nitrogens with one attached hydrogen (secondary N) is 2. The lowest BCUT2D eigenvalue weighted by Gasteiger charge is -2.11. The molecule has 0 bridgehead atoms. The molecule has 1 aliphatic rings. The Balaban J connectivity index is 1.62. The molecular weight excluding hydrogens is 408 g/mol. The third-order valence-corrected chi connectivity index (χ3v) is 7.16. The maximum atomic E-state index is 12.3. The smallest absolute Gasteiger partial charge is 0.266 e. The standard InChI is InChI=1S/C21H24N2O4S2/c1-27-18-9-8-17-19(16-10-11-28-20(16)21(24)22-17)15(18)5-3-4-13-6-7-14(12-13)23-29(2,25)26/h3,5,8-11,13-14,23H,4,6-7,12H2,1-2H3,(H,22,24)/b5-3+. The van der Waals surface area contributed by atoms with Crippen LogP contribution in [0.15, 0.2) is 34.4 Å². The lowest BCUT2D eigenvalue weighted by atomic mass is 10.00. The molecule has 6 nitrogen and oxygen atoms in total. The van der Waals surface area contributed by atoms with Crippen LogP contribution in [0.2, 0.25) is 0 Å². The number of hydrogen-bond donors (Lipinski definition) is 2. The second kappa shape index (κ2) is 7.93. The number of benzene rings is 1. The van der Waals surface area contributed by atoms with Gasteiger partial charge in [0.1, 0.15) is 10.4 Å². The van der Waals surface area contributed by atoms with Gasteiger partial charge in [-0.2, -0.15) is 0 Å². The van der Waals surface area contributed by atoms with Crippen LogP contribution in [0.3, 0.4) is 0 Å².